The van der Waals surface area contributed by atoms with Crippen LogP contribution in [0, 0.1) is 19.7 Å². The van der Waals surface area contributed by atoms with Gasteiger partial charge in [-0.05, 0) is 68.4 Å². The fraction of sp³-hybridized carbons (Fsp3) is 0.0952. The van der Waals surface area contributed by atoms with Crippen molar-refractivity contribution in [2.45, 2.75) is 13.8 Å². The van der Waals surface area contributed by atoms with Gasteiger partial charge in [0.2, 0.25) is 0 Å². The largest absolute Gasteiger partial charge is 0.298 e. The van der Waals surface area contributed by atoms with E-state index in [2.05, 4.69) is 15.4 Å². The molecule has 5 nitrogen and oxygen atoms in total. The number of hydrogen-bond donors (Lipinski definition) is 1. The van der Waals surface area contributed by atoms with Crippen LogP contribution < -0.4 is 5.32 Å². The molecule has 2 heterocycles. The summed E-state index contributed by atoms with van der Waals surface area (Å²) in [6.07, 6.45) is 0. The van der Waals surface area contributed by atoms with Gasteiger partial charge in [-0.3, -0.25) is 10.1 Å². The molecular formula is C21H17FN4OS. The number of benzene rings is 2. The molecule has 0 radical (unpaired) electrons. The number of anilines is 1. The van der Waals surface area contributed by atoms with Crippen LogP contribution in [0.3, 0.4) is 0 Å². The van der Waals surface area contributed by atoms with Crippen LogP contribution in [-0.4, -0.2) is 20.7 Å². The molecule has 28 heavy (non-hydrogen) atoms. The summed E-state index contributed by atoms with van der Waals surface area (Å²) in [5.74, 6) is -0.531. The van der Waals surface area contributed by atoms with Crippen LogP contribution in [0.15, 0.2) is 60.0 Å². The molecule has 0 fully saturated rings. The maximum Gasteiger partial charge on any atom is 0.257 e. The third-order valence-corrected chi connectivity index (χ3v) is 5.01. The van der Waals surface area contributed by atoms with Gasteiger partial charge in [0, 0.05) is 22.2 Å². The van der Waals surface area contributed by atoms with Crippen molar-refractivity contribution in [2.24, 2.45) is 0 Å². The van der Waals surface area contributed by atoms with E-state index in [4.69, 9.17) is 0 Å². The Balaban J connectivity index is 1.48. The Morgan fingerprint density at radius 1 is 1.07 bits per heavy atom. The van der Waals surface area contributed by atoms with Crippen molar-refractivity contribution >= 4 is 22.4 Å². The second-order valence-electron chi connectivity index (χ2n) is 6.38. The number of carbonyl (C=O) groups is 1. The number of amides is 1. The molecule has 140 valence electrons. The molecule has 0 aliphatic carbocycles. The molecule has 0 aliphatic rings. The molecule has 0 saturated heterocycles. The minimum absolute atomic E-state index is 0.236. The van der Waals surface area contributed by atoms with Gasteiger partial charge in [0.05, 0.1) is 17.1 Å². The standard InChI is InChI=1S/C21H17FN4OS/c1-13-11-14(2)26(25-13)18-9-5-16(6-10-18)20(27)24-21-23-19(12-28-21)15-3-7-17(22)8-4-15/h3-12H,1-2H3,(H,23,24,27). The van der Waals surface area contributed by atoms with Crippen molar-refractivity contribution in [3.63, 3.8) is 0 Å². The summed E-state index contributed by atoms with van der Waals surface area (Å²) in [5.41, 5.74) is 4.90. The first-order valence-corrected chi connectivity index (χ1v) is 9.54. The SMILES string of the molecule is Cc1cc(C)n(-c2ccc(C(=O)Nc3nc(-c4ccc(F)cc4)cs3)cc2)n1. The lowest BCUT2D eigenvalue weighted by Crippen LogP contribution is -2.12. The molecule has 0 spiro atoms. The highest BCUT2D eigenvalue weighted by Gasteiger charge is 2.11. The normalized spacial score (nSPS) is 10.8. The zero-order valence-corrected chi connectivity index (χ0v) is 16.1. The summed E-state index contributed by atoms with van der Waals surface area (Å²) in [6.45, 7) is 3.93. The van der Waals surface area contributed by atoms with E-state index in [9.17, 15) is 9.18 Å². The molecule has 1 N–H and O–H groups in total. The first kappa shape index (κ1) is 18.1. The topological polar surface area (TPSA) is 59.8 Å². The third kappa shape index (κ3) is 3.70. The zero-order chi connectivity index (χ0) is 19.7. The summed E-state index contributed by atoms with van der Waals surface area (Å²) in [7, 11) is 0. The van der Waals surface area contributed by atoms with Gasteiger partial charge in [0.25, 0.3) is 5.91 Å². The van der Waals surface area contributed by atoms with Crippen LogP contribution in [0.2, 0.25) is 0 Å². The number of halogens is 1. The second kappa shape index (κ2) is 7.36. The van der Waals surface area contributed by atoms with Crippen LogP contribution >= 0.6 is 11.3 Å². The molecule has 2 aromatic carbocycles. The molecule has 1 amide bonds. The first-order chi connectivity index (χ1) is 13.5. The van der Waals surface area contributed by atoms with Gasteiger partial charge in [0.15, 0.2) is 5.13 Å². The van der Waals surface area contributed by atoms with Crippen LogP contribution in [0.25, 0.3) is 16.9 Å². The summed E-state index contributed by atoms with van der Waals surface area (Å²) >= 11 is 1.33. The van der Waals surface area contributed by atoms with Crippen molar-refractivity contribution in [1.82, 2.24) is 14.8 Å². The average molecular weight is 392 g/mol. The zero-order valence-electron chi connectivity index (χ0n) is 15.3. The molecule has 0 unspecified atom stereocenters. The van der Waals surface area contributed by atoms with Gasteiger partial charge in [-0.1, -0.05) is 0 Å². The van der Waals surface area contributed by atoms with Gasteiger partial charge in [-0.15, -0.1) is 11.3 Å². The molecule has 7 heteroatoms. The number of hydrogen-bond acceptors (Lipinski definition) is 4. The number of thiazole rings is 1. The van der Waals surface area contributed by atoms with Crippen molar-refractivity contribution < 1.29 is 9.18 Å². The van der Waals surface area contributed by atoms with E-state index in [-0.39, 0.29) is 11.7 Å². The maximum absolute atomic E-state index is 13.0. The molecule has 0 aliphatic heterocycles. The number of nitrogens with zero attached hydrogens (tertiary/aromatic N) is 3. The highest BCUT2D eigenvalue weighted by Crippen LogP contribution is 2.25. The van der Waals surface area contributed by atoms with Gasteiger partial charge in [-0.2, -0.15) is 5.10 Å². The second-order valence-corrected chi connectivity index (χ2v) is 7.24. The highest BCUT2D eigenvalue weighted by atomic mass is 32.1. The number of nitrogens with one attached hydrogen (secondary N) is 1. The van der Waals surface area contributed by atoms with Gasteiger partial charge < -0.3 is 0 Å². The molecular weight excluding hydrogens is 375 g/mol. The predicted molar refractivity (Wildman–Crippen MR) is 108 cm³/mol. The molecule has 0 saturated carbocycles. The van der Waals surface area contributed by atoms with Crippen LogP contribution in [0.1, 0.15) is 21.7 Å². The summed E-state index contributed by atoms with van der Waals surface area (Å²) in [6, 6.07) is 15.3. The lowest BCUT2D eigenvalue weighted by atomic mass is 10.2. The first-order valence-electron chi connectivity index (χ1n) is 8.66. The Bertz CT molecular complexity index is 1130. The summed E-state index contributed by atoms with van der Waals surface area (Å²) in [5, 5.41) is 9.57. The van der Waals surface area contributed by atoms with E-state index in [1.54, 1.807) is 24.3 Å². The Kier molecular flexibility index (Phi) is 4.75. The van der Waals surface area contributed by atoms with E-state index >= 15 is 0 Å². The predicted octanol–water partition coefficient (Wildman–Crippen LogP) is 5.00. The number of rotatable bonds is 4. The maximum atomic E-state index is 13.0. The van der Waals surface area contributed by atoms with E-state index in [0.717, 1.165) is 22.6 Å². The van der Waals surface area contributed by atoms with Crippen molar-refractivity contribution in [3.8, 4) is 16.9 Å². The number of aryl methyl sites for hydroxylation is 2. The molecule has 0 bridgehead atoms. The van der Waals surface area contributed by atoms with Gasteiger partial charge >= 0.3 is 0 Å². The van der Waals surface area contributed by atoms with Crippen LogP contribution in [-0.2, 0) is 0 Å². The van der Waals surface area contributed by atoms with E-state index < -0.39 is 0 Å². The van der Waals surface area contributed by atoms with Gasteiger partial charge in [-0.25, -0.2) is 14.1 Å². The number of aromatic nitrogens is 3. The molecule has 4 aromatic rings. The fourth-order valence-electron chi connectivity index (χ4n) is 2.90. The summed E-state index contributed by atoms with van der Waals surface area (Å²) in [4.78, 5) is 16.9. The summed E-state index contributed by atoms with van der Waals surface area (Å²) < 4.78 is 14.9. The quantitative estimate of drug-likeness (QED) is 0.531. The number of carbonyl (C=O) groups excluding carboxylic acids is 1. The van der Waals surface area contributed by atoms with Crippen LogP contribution in [0.5, 0.6) is 0 Å². The molecule has 0 atom stereocenters. The van der Waals surface area contributed by atoms with E-state index in [1.165, 1.54) is 23.5 Å². The Morgan fingerprint density at radius 3 is 2.43 bits per heavy atom. The molecule has 2 aromatic heterocycles. The average Bonchev–Trinajstić information content (AvgIpc) is 3.28. The molecule has 4 rings (SSSR count). The lowest BCUT2D eigenvalue weighted by molar-refractivity contribution is 0.102. The van der Waals surface area contributed by atoms with Crippen LogP contribution in [0.4, 0.5) is 9.52 Å². The Labute approximate surface area is 165 Å². The van der Waals surface area contributed by atoms with Crippen molar-refractivity contribution in [1.29, 1.82) is 0 Å². The van der Waals surface area contributed by atoms with Crippen molar-refractivity contribution in [2.75, 3.05) is 5.32 Å². The minimum Gasteiger partial charge on any atom is -0.298 e. The fourth-order valence-corrected chi connectivity index (χ4v) is 3.61. The van der Waals surface area contributed by atoms with Gasteiger partial charge in [0.1, 0.15) is 5.82 Å². The van der Waals surface area contributed by atoms with E-state index in [1.807, 2.05) is 42.1 Å². The Morgan fingerprint density at radius 2 is 1.79 bits per heavy atom. The lowest BCUT2D eigenvalue weighted by Gasteiger charge is -2.06. The highest BCUT2D eigenvalue weighted by molar-refractivity contribution is 7.14. The minimum atomic E-state index is -0.295. The monoisotopic (exact) mass is 392 g/mol. The third-order valence-electron chi connectivity index (χ3n) is 4.25. The van der Waals surface area contributed by atoms with E-state index in [0.29, 0.717) is 16.4 Å². The Hall–Kier alpha value is -3.32. The smallest absolute Gasteiger partial charge is 0.257 e. The van der Waals surface area contributed by atoms with Crippen molar-refractivity contribution in [3.05, 3.63) is 82.7 Å².